The zero-order valence-electron chi connectivity index (χ0n) is 13.5. The van der Waals surface area contributed by atoms with Gasteiger partial charge >= 0.3 is 0 Å². The van der Waals surface area contributed by atoms with Gasteiger partial charge in [-0.05, 0) is 30.3 Å². The van der Waals surface area contributed by atoms with Crippen LogP contribution in [0.1, 0.15) is 16.7 Å². The van der Waals surface area contributed by atoms with Crippen LogP contribution in [-0.2, 0) is 15.0 Å². The van der Waals surface area contributed by atoms with E-state index in [9.17, 15) is 0 Å². The number of benzene rings is 2. The van der Waals surface area contributed by atoms with Crippen LogP contribution in [0, 0.1) is 11.8 Å². The van der Waals surface area contributed by atoms with Crippen LogP contribution in [0.15, 0.2) is 45.9 Å². The first-order chi connectivity index (χ1) is 12.1. The van der Waals surface area contributed by atoms with Crippen LogP contribution in [0.25, 0.3) is 0 Å². The molecular formula is C19H15BrN2O3. The molecule has 25 heavy (non-hydrogen) atoms. The second kappa shape index (κ2) is 6.10. The van der Waals surface area contributed by atoms with Crippen LogP contribution >= 0.6 is 15.9 Å². The first kappa shape index (κ1) is 16.0. The molecule has 2 aromatic rings. The molecule has 6 heteroatoms. The maximum Gasteiger partial charge on any atom is 0.283 e. The minimum absolute atomic E-state index is 0.172. The van der Waals surface area contributed by atoms with Gasteiger partial charge in [0.1, 0.15) is 24.7 Å². The average molecular weight is 399 g/mol. The van der Waals surface area contributed by atoms with Crippen LogP contribution in [0.5, 0.6) is 11.5 Å². The van der Waals surface area contributed by atoms with Crippen LogP contribution in [-0.4, -0.2) is 26.3 Å². The Kier molecular flexibility index (Phi) is 3.91. The van der Waals surface area contributed by atoms with Gasteiger partial charge in [-0.3, -0.25) is 0 Å². The predicted octanol–water partition coefficient (Wildman–Crippen LogP) is 3.14. The Morgan fingerprint density at radius 3 is 2.96 bits per heavy atom. The molecule has 2 aliphatic rings. The number of amidine groups is 1. The number of nitrogens with zero attached hydrogens (tertiary/aromatic N) is 1. The van der Waals surface area contributed by atoms with Gasteiger partial charge in [0.05, 0.1) is 0 Å². The number of methoxy groups -OCH3 is 1. The highest BCUT2D eigenvalue weighted by atomic mass is 79.9. The summed E-state index contributed by atoms with van der Waals surface area (Å²) < 4.78 is 17.5. The third-order valence-electron chi connectivity index (χ3n) is 4.21. The number of ether oxygens (including phenoxy) is 3. The fourth-order valence-corrected chi connectivity index (χ4v) is 3.85. The Labute approximate surface area is 153 Å². The van der Waals surface area contributed by atoms with E-state index in [0.29, 0.717) is 13.2 Å². The van der Waals surface area contributed by atoms with E-state index in [2.05, 4.69) is 32.8 Å². The summed E-state index contributed by atoms with van der Waals surface area (Å²) in [5, 5.41) is 0. The lowest BCUT2D eigenvalue weighted by atomic mass is 9.81. The highest BCUT2D eigenvalue weighted by Crippen LogP contribution is 2.53. The van der Waals surface area contributed by atoms with Gasteiger partial charge in [-0.1, -0.05) is 33.8 Å². The zero-order valence-corrected chi connectivity index (χ0v) is 15.1. The SMILES string of the molecule is COCC#Cc1ccc2c(c1)C1(COC(N)=N1)c1c(Br)cccc1O2. The van der Waals surface area contributed by atoms with Gasteiger partial charge in [0, 0.05) is 28.3 Å². The van der Waals surface area contributed by atoms with Crippen LogP contribution in [0.2, 0.25) is 0 Å². The minimum Gasteiger partial charge on any atom is -0.462 e. The van der Waals surface area contributed by atoms with Crippen molar-refractivity contribution in [2.75, 3.05) is 20.3 Å². The first-order valence-electron chi connectivity index (χ1n) is 7.71. The Balaban J connectivity index is 1.92. The van der Waals surface area contributed by atoms with Crippen molar-refractivity contribution in [3.63, 3.8) is 0 Å². The fourth-order valence-electron chi connectivity index (χ4n) is 3.17. The molecule has 2 heterocycles. The third-order valence-corrected chi connectivity index (χ3v) is 4.87. The molecule has 1 spiro atoms. The number of hydrogen-bond donors (Lipinski definition) is 1. The summed E-state index contributed by atoms with van der Waals surface area (Å²) in [7, 11) is 1.62. The van der Waals surface area contributed by atoms with Gasteiger partial charge in [0.15, 0.2) is 5.54 Å². The molecule has 2 aliphatic heterocycles. The van der Waals surface area contributed by atoms with Crippen LogP contribution in [0.4, 0.5) is 0 Å². The second-order valence-corrected chi connectivity index (χ2v) is 6.61. The van der Waals surface area contributed by atoms with Crippen molar-refractivity contribution < 1.29 is 14.2 Å². The number of nitrogens with two attached hydrogens (primary N) is 1. The monoisotopic (exact) mass is 398 g/mol. The Bertz CT molecular complexity index is 945. The molecule has 0 aliphatic carbocycles. The highest BCUT2D eigenvalue weighted by Gasteiger charge is 2.48. The van der Waals surface area contributed by atoms with E-state index in [1.54, 1.807) is 7.11 Å². The normalized spacial score (nSPS) is 19.8. The molecule has 0 amide bonds. The number of rotatable bonds is 1. The summed E-state index contributed by atoms with van der Waals surface area (Å²) in [6, 6.07) is 11.8. The molecule has 5 nitrogen and oxygen atoms in total. The number of fused-ring (bicyclic) bond motifs is 4. The van der Waals surface area contributed by atoms with Crippen molar-refractivity contribution in [2.24, 2.45) is 10.7 Å². The number of aliphatic imine (C=N–C) groups is 1. The van der Waals surface area contributed by atoms with E-state index in [-0.39, 0.29) is 6.02 Å². The molecule has 2 aromatic carbocycles. The zero-order chi connectivity index (χ0) is 17.4. The summed E-state index contributed by atoms with van der Waals surface area (Å²) >= 11 is 3.62. The Hall–Kier alpha value is -2.49. The molecule has 1 atom stereocenters. The summed E-state index contributed by atoms with van der Waals surface area (Å²) in [6.07, 6.45) is 0. The summed E-state index contributed by atoms with van der Waals surface area (Å²) in [4.78, 5) is 4.65. The van der Waals surface area contributed by atoms with Gasteiger partial charge < -0.3 is 19.9 Å². The lowest BCUT2D eigenvalue weighted by molar-refractivity contribution is 0.240. The van der Waals surface area contributed by atoms with Crippen molar-refractivity contribution in [1.29, 1.82) is 0 Å². The Morgan fingerprint density at radius 1 is 1.32 bits per heavy atom. The van der Waals surface area contributed by atoms with Crippen molar-refractivity contribution in [3.8, 4) is 23.3 Å². The summed E-state index contributed by atoms with van der Waals surface area (Å²) in [5.41, 5.74) is 7.77. The highest BCUT2D eigenvalue weighted by molar-refractivity contribution is 9.10. The number of hydrogen-bond acceptors (Lipinski definition) is 5. The van der Waals surface area contributed by atoms with Gasteiger partial charge in [0.25, 0.3) is 6.02 Å². The maximum absolute atomic E-state index is 6.09. The van der Waals surface area contributed by atoms with Crippen molar-refractivity contribution in [2.45, 2.75) is 5.54 Å². The van der Waals surface area contributed by atoms with E-state index < -0.39 is 5.54 Å². The quantitative estimate of drug-likeness (QED) is 0.749. The van der Waals surface area contributed by atoms with E-state index in [0.717, 1.165) is 32.7 Å². The molecular weight excluding hydrogens is 384 g/mol. The van der Waals surface area contributed by atoms with E-state index >= 15 is 0 Å². The molecule has 0 fully saturated rings. The largest absolute Gasteiger partial charge is 0.462 e. The van der Waals surface area contributed by atoms with Crippen LogP contribution in [0.3, 0.4) is 0 Å². The average Bonchev–Trinajstić information content (AvgIpc) is 2.98. The van der Waals surface area contributed by atoms with Gasteiger partial charge in [-0.15, -0.1) is 0 Å². The standard InChI is InChI=1S/C19H15BrN2O3/c1-23-9-3-4-12-7-8-15-13(10-12)19(11-24-18(21)22-19)17-14(20)5-2-6-16(17)25-15/h2,5-8,10H,9,11H2,1H3,(H2,21,22). The lowest BCUT2D eigenvalue weighted by Crippen LogP contribution is -2.31. The molecule has 0 aromatic heterocycles. The van der Waals surface area contributed by atoms with E-state index in [1.807, 2.05) is 36.4 Å². The second-order valence-electron chi connectivity index (χ2n) is 5.76. The smallest absolute Gasteiger partial charge is 0.283 e. The molecule has 1 unspecified atom stereocenters. The first-order valence-corrected chi connectivity index (χ1v) is 8.50. The molecule has 2 N–H and O–H groups in total. The minimum atomic E-state index is -0.744. The lowest BCUT2D eigenvalue weighted by Gasteiger charge is -2.34. The maximum atomic E-state index is 6.09. The Morgan fingerprint density at radius 2 is 2.20 bits per heavy atom. The molecule has 0 radical (unpaired) electrons. The summed E-state index contributed by atoms with van der Waals surface area (Å²) in [5.74, 6) is 7.52. The van der Waals surface area contributed by atoms with Crippen LogP contribution < -0.4 is 10.5 Å². The molecule has 0 saturated carbocycles. The third kappa shape index (κ3) is 2.56. The van der Waals surface area contributed by atoms with Gasteiger partial charge in [-0.2, -0.15) is 0 Å². The topological polar surface area (TPSA) is 66.1 Å². The summed E-state index contributed by atoms with van der Waals surface area (Å²) in [6.45, 7) is 0.696. The van der Waals surface area contributed by atoms with Crippen molar-refractivity contribution >= 4 is 22.0 Å². The van der Waals surface area contributed by atoms with E-state index in [1.165, 1.54) is 0 Å². The fraction of sp³-hybridized carbons (Fsp3) is 0.211. The molecule has 4 rings (SSSR count). The van der Waals surface area contributed by atoms with Crippen molar-refractivity contribution in [3.05, 3.63) is 57.6 Å². The molecule has 126 valence electrons. The van der Waals surface area contributed by atoms with Gasteiger partial charge in [0.2, 0.25) is 0 Å². The molecule has 0 bridgehead atoms. The van der Waals surface area contributed by atoms with Crippen molar-refractivity contribution in [1.82, 2.24) is 0 Å². The predicted molar refractivity (Wildman–Crippen MR) is 97.8 cm³/mol. The van der Waals surface area contributed by atoms with E-state index in [4.69, 9.17) is 19.9 Å². The number of halogens is 1. The van der Waals surface area contributed by atoms with Gasteiger partial charge in [-0.25, -0.2) is 4.99 Å². The molecule has 0 saturated heterocycles.